The van der Waals surface area contributed by atoms with Gasteiger partial charge in [0.1, 0.15) is 29.4 Å². The third kappa shape index (κ3) is 7.59. The first-order valence-corrected chi connectivity index (χ1v) is 20.7. The number of carbonyl (C=O) groups excluding carboxylic acids is 2. The van der Waals surface area contributed by atoms with Crippen LogP contribution in [-0.4, -0.2) is 130 Å². The summed E-state index contributed by atoms with van der Waals surface area (Å²) >= 11 is 6.31. The summed E-state index contributed by atoms with van der Waals surface area (Å²) < 4.78 is 72.8. The minimum absolute atomic E-state index is 0.0198. The first-order valence-electron chi connectivity index (χ1n) is 18.9. The molecule has 5 heterocycles. The van der Waals surface area contributed by atoms with Crippen molar-refractivity contribution in [2.24, 2.45) is 17.6 Å². The van der Waals surface area contributed by atoms with Crippen LogP contribution in [0.5, 0.6) is 5.75 Å². The Bertz CT molecular complexity index is 1820. The average Bonchev–Trinajstić information content (AvgIpc) is 3.78. The van der Waals surface area contributed by atoms with Crippen LogP contribution in [0.1, 0.15) is 44.1 Å². The van der Waals surface area contributed by atoms with Crippen molar-refractivity contribution in [1.82, 2.24) is 14.6 Å². The molecule has 2 aromatic rings. The lowest BCUT2D eigenvalue weighted by Crippen LogP contribution is -2.52. The van der Waals surface area contributed by atoms with Gasteiger partial charge in [0.25, 0.3) is 5.92 Å². The first kappa shape index (κ1) is 38.9. The number of quaternary nitrogens is 1. The third-order valence-corrected chi connectivity index (χ3v) is 14.1. The number of likely N-dealkylation sites (tertiary alicyclic amines) is 1. The van der Waals surface area contributed by atoms with Crippen LogP contribution in [0.15, 0.2) is 35.2 Å². The number of nitrogens with zero attached hydrogens (tertiary/aromatic N) is 5. The van der Waals surface area contributed by atoms with E-state index in [1.54, 1.807) is 4.90 Å². The highest BCUT2D eigenvalue weighted by Gasteiger charge is 2.47. The lowest BCUT2D eigenvalue weighted by molar-refractivity contribution is -0.914. The molecule has 4 aliphatic heterocycles. The number of benzene rings is 1. The molecule has 2 amide bonds. The molecular weight excluding hydrogens is 748 g/mol. The van der Waals surface area contributed by atoms with E-state index in [9.17, 15) is 23.1 Å². The number of piperazine rings is 1. The van der Waals surface area contributed by atoms with E-state index >= 15 is 8.78 Å². The molecule has 0 bridgehead atoms. The van der Waals surface area contributed by atoms with Gasteiger partial charge in [0.2, 0.25) is 15.9 Å². The van der Waals surface area contributed by atoms with E-state index in [1.165, 1.54) is 52.4 Å². The molecule has 1 aromatic heterocycles. The zero-order valence-electron chi connectivity index (χ0n) is 30.2. The second-order valence-electron chi connectivity index (χ2n) is 15.1. The van der Waals surface area contributed by atoms with Crippen LogP contribution in [-0.2, 0) is 25.5 Å². The van der Waals surface area contributed by atoms with Gasteiger partial charge in [-0.05, 0) is 49.9 Å². The maximum absolute atomic E-state index is 16.1. The highest BCUT2D eigenvalue weighted by Crippen LogP contribution is 2.46. The number of aliphatic hydroxyl groups excluding tert-OH is 1. The van der Waals surface area contributed by atoms with Gasteiger partial charge in [0.05, 0.1) is 49.9 Å². The van der Waals surface area contributed by atoms with Crippen LogP contribution in [0.25, 0.3) is 0 Å². The van der Waals surface area contributed by atoms with Crippen LogP contribution in [0, 0.1) is 11.8 Å². The molecular formula is C36H49ClF2N7O7S+. The fourth-order valence-corrected chi connectivity index (χ4v) is 10.5. The summed E-state index contributed by atoms with van der Waals surface area (Å²) in [7, 11) is -3.98. The van der Waals surface area contributed by atoms with Gasteiger partial charge in [-0.2, -0.15) is 4.31 Å². The highest BCUT2D eigenvalue weighted by atomic mass is 35.5. The van der Waals surface area contributed by atoms with E-state index in [1.807, 2.05) is 0 Å². The van der Waals surface area contributed by atoms with Crippen LogP contribution in [0.2, 0.25) is 5.15 Å². The molecule has 7 rings (SSSR count). The van der Waals surface area contributed by atoms with E-state index in [2.05, 4.69) is 10.3 Å². The summed E-state index contributed by atoms with van der Waals surface area (Å²) in [4.78, 5) is 32.8. The monoisotopic (exact) mass is 796 g/mol. The number of pyridine rings is 1. The van der Waals surface area contributed by atoms with Crippen molar-refractivity contribution in [2.75, 3.05) is 88.5 Å². The van der Waals surface area contributed by atoms with Crippen LogP contribution in [0.3, 0.4) is 0 Å². The molecule has 0 radical (unpaired) electrons. The summed E-state index contributed by atoms with van der Waals surface area (Å²) in [6.07, 6.45) is 2.11. The number of hydrogen-bond donors (Lipinski definition) is 3. The van der Waals surface area contributed by atoms with Crippen molar-refractivity contribution >= 4 is 45.1 Å². The predicted molar refractivity (Wildman–Crippen MR) is 196 cm³/mol. The SMILES string of the molecule is NCC[N+]1(CCNC(=O)C2CCC(C(F)(F)c3cc(Cl)nc(N4CCN(S(=O)(=O)c5ccc6c(c5)OC[C@H]5[C@H](CO)OC(=O)N65)CC4)c3)CC2)CCCC1. The Balaban J connectivity index is 0.942. The Morgan fingerprint density at radius 3 is 2.48 bits per heavy atom. The van der Waals surface area contributed by atoms with Crippen LogP contribution < -0.4 is 25.6 Å². The maximum atomic E-state index is 16.1. The molecule has 1 aliphatic carbocycles. The summed E-state index contributed by atoms with van der Waals surface area (Å²) in [5, 5.41) is 12.5. The number of aliphatic hydroxyl groups is 1. The molecule has 2 atom stereocenters. The lowest BCUT2D eigenvalue weighted by atomic mass is 9.77. The second kappa shape index (κ2) is 15.7. The maximum Gasteiger partial charge on any atom is 0.415 e. The predicted octanol–water partition coefficient (Wildman–Crippen LogP) is 2.91. The molecule has 18 heteroatoms. The van der Waals surface area contributed by atoms with Gasteiger partial charge in [-0.3, -0.25) is 9.69 Å². The quantitative estimate of drug-likeness (QED) is 0.215. The van der Waals surface area contributed by atoms with E-state index in [4.69, 9.17) is 26.8 Å². The van der Waals surface area contributed by atoms with Crippen molar-refractivity contribution in [2.45, 2.75) is 61.5 Å². The fraction of sp³-hybridized carbons (Fsp3) is 0.639. The topological polar surface area (TPSA) is 168 Å². The number of hydrogen-bond acceptors (Lipinski definition) is 10. The van der Waals surface area contributed by atoms with E-state index in [0.29, 0.717) is 31.6 Å². The Hall–Kier alpha value is -3.35. The minimum Gasteiger partial charge on any atom is -0.489 e. The molecule has 0 spiro atoms. The number of nitrogens with two attached hydrogens (primary N) is 1. The number of alkyl halides is 2. The standard InChI is InChI=1S/C36H48ClF2N7O7S/c37-32-19-26(36(38,39)25-5-3-24(4-6-25)34(48)41-10-18-46(17-9-40)15-1-2-16-46)20-33(42-32)43-11-13-44(14-12-43)54(50,51)27-7-8-28-30(21-27)52-23-29-31(22-47)53-35(49)45(28)29/h7-8,19-21,24-25,29,31,47H,1-6,9-18,22-23,40H2/p+1/t24?,25?,29-,31-/m0/s1. The van der Waals surface area contributed by atoms with E-state index < -0.39 is 40.1 Å². The van der Waals surface area contributed by atoms with Crippen LogP contribution >= 0.6 is 11.6 Å². The lowest BCUT2D eigenvalue weighted by Gasteiger charge is -2.36. The van der Waals surface area contributed by atoms with Crippen molar-refractivity contribution in [3.63, 3.8) is 0 Å². The van der Waals surface area contributed by atoms with E-state index in [-0.39, 0.29) is 91.2 Å². The van der Waals surface area contributed by atoms with Crippen molar-refractivity contribution in [3.05, 3.63) is 41.0 Å². The Kier molecular flexibility index (Phi) is 11.3. The number of fused-ring (bicyclic) bond motifs is 3. The molecule has 1 aromatic carbocycles. The van der Waals surface area contributed by atoms with Gasteiger partial charge in [-0.1, -0.05) is 11.6 Å². The Morgan fingerprint density at radius 1 is 1.07 bits per heavy atom. The number of cyclic esters (lactones) is 1. The summed E-state index contributed by atoms with van der Waals surface area (Å²) in [6, 6.07) is 6.26. The number of carbonyl (C=O) groups is 2. The number of aromatic nitrogens is 1. The molecule has 296 valence electrons. The fourth-order valence-electron chi connectivity index (χ4n) is 8.83. The third-order valence-electron chi connectivity index (χ3n) is 12.0. The Morgan fingerprint density at radius 2 is 1.80 bits per heavy atom. The van der Waals surface area contributed by atoms with Gasteiger partial charge in [-0.25, -0.2) is 27.0 Å². The summed E-state index contributed by atoms with van der Waals surface area (Å²) in [5.74, 6) is -4.09. The number of ether oxygens (including phenoxy) is 2. The number of anilines is 2. The number of sulfonamides is 1. The first-order chi connectivity index (χ1) is 25.8. The molecule has 4 fully saturated rings. The minimum atomic E-state index is -3.98. The largest absolute Gasteiger partial charge is 0.489 e. The zero-order chi connectivity index (χ0) is 38.3. The molecule has 14 nitrogen and oxygen atoms in total. The van der Waals surface area contributed by atoms with Gasteiger partial charge in [0, 0.05) is 69.0 Å². The molecule has 5 aliphatic rings. The number of halogens is 3. The normalized spacial score (nSPS) is 25.8. The molecule has 1 saturated carbocycles. The number of rotatable bonds is 12. The average molecular weight is 797 g/mol. The van der Waals surface area contributed by atoms with Crippen molar-refractivity contribution < 1.29 is 45.9 Å². The molecule has 0 unspecified atom stereocenters. The molecule has 4 N–H and O–H groups in total. The molecule has 54 heavy (non-hydrogen) atoms. The van der Waals surface area contributed by atoms with Crippen molar-refractivity contribution in [3.8, 4) is 5.75 Å². The van der Waals surface area contributed by atoms with Gasteiger partial charge >= 0.3 is 6.09 Å². The smallest absolute Gasteiger partial charge is 0.415 e. The highest BCUT2D eigenvalue weighted by molar-refractivity contribution is 7.89. The van der Waals surface area contributed by atoms with E-state index in [0.717, 1.165) is 30.7 Å². The number of amides is 2. The van der Waals surface area contributed by atoms with Gasteiger partial charge in [0.15, 0.2) is 6.10 Å². The zero-order valence-corrected chi connectivity index (χ0v) is 31.7. The van der Waals surface area contributed by atoms with Crippen molar-refractivity contribution in [1.29, 1.82) is 0 Å². The summed E-state index contributed by atoms with van der Waals surface area (Å²) in [6.45, 7) is 5.25. The molecule has 3 saturated heterocycles. The van der Waals surface area contributed by atoms with Gasteiger partial charge in [-0.15, -0.1) is 0 Å². The second-order valence-corrected chi connectivity index (χ2v) is 17.4. The van der Waals surface area contributed by atoms with Gasteiger partial charge < -0.3 is 35.0 Å². The Labute approximate surface area is 319 Å². The van der Waals surface area contributed by atoms with Crippen LogP contribution in [0.4, 0.5) is 25.1 Å². The number of nitrogens with one attached hydrogen (secondary N) is 1. The summed E-state index contributed by atoms with van der Waals surface area (Å²) in [5.41, 5.74) is 5.95.